The largest absolute Gasteiger partial charge is 0.482 e. The second-order valence-electron chi connectivity index (χ2n) is 5.42. The van der Waals surface area contributed by atoms with Gasteiger partial charge < -0.3 is 15.8 Å². The molecular formula is C18H21ClN2O2. The maximum atomic E-state index is 11.7. The standard InChI is InChI=1S/C18H21ClN2O2/c1-13(20)9-10-21-18(22)12-23-17-8-7-15(11-16(17)19)14-5-3-2-4-6-14/h2-8,11,13H,9-10,12,20H2,1H3,(H,21,22). The van der Waals surface area contributed by atoms with E-state index in [1.165, 1.54) is 0 Å². The van der Waals surface area contributed by atoms with Crippen LogP contribution in [0.3, 0.4) is 0 Å². The fraction of sp³-hybridized carbons (Fsp3) is 0.278. The Morgan fingerprint density at radius 3 is 2.61 bits per heavy atom. The first kappa shape index (κ1) is 17.3. The lowest BCUT2D eigenvalue weighted by molar-refractivity contribution is -0.123. The van der Waals surface area contributed by atoms with Crippen LogP contribution in [0.25, 0.3) is 11.1 Å². The Balaban J connectivity index is 1.90. The number of hydrogen-bond acceptors (Lipinski definition) is 3. The minimum atomic E-state index is -0.186. The highest BCUT2D eigenvalue weighted by molar-refractivity contribution is 6.32. The van der Waals surface area contributed by atoms with Gasteiger partial charge in [0.2, 0.25) is 0 Å². The molecule has 0 heterocycles. The van der Waals surface area contributed by atoms with E-state index in [1.54, 1.807) is 6.07 Å². The predicted octanol–water partition coefficient (Wildman–Crippen LogP) is 3.24. The van der Waals surface area contributed by atoms with Crippen LogP contribution in [0.15, 0.2) is 48.5 Å². The zero-order chi connectivity index (χ0) is 16.7. The minimum absolute atomic E-state index is 0.0659. The average Bonchev–Trinajstić information content (AvgIpc) is 2.54. The van der Waals surface area contributed by atoms with Gasteiger partial charge >= 0.3 is 0 Å². The molecule has 23 heavy (non-hydrogen) atoms. The van der Waals surface area contributed by atoms with Gasteiger partial charge in [-0.2, -0.15) is 0 Å². The van der Waals surface area contributed by atoms with E-state index in [4.69, 9.17) is 22.1 Å². The van der Waals surface area contributed by atoms with Gasteiger partial charge in [-0.3, -0.25) is 4.79 Å². The molecule has 0 aliphatic heterocycles. The van der Waals surface area contributed by atoms with E-state index in [0.29, 0.717) is 17.3 Å². The number of nitrogens with two attached hydrogens (primary N) is 1. The molecule has 1 atom stereocenters. The van der Waals surface area contributed by atoms with Gasteiger partial charge in [0, 0.05) is 12.6 Å². The van der Waals surface area contributed by atoms with Crippen LogP contribution in [0.5, 0.6) is 5.75 Å². The van der Waals surface area contributed by atoms with E-state index in [0.717, 1.165) is 17.5 Å². The molecule has 0 radical (unpaired) electrons. The van der Waals surface area contributed by atoms with Crippen molar-refractivity contribution in [3.8, 4) is 16.9 Å². The van der Waals surface area contributed by atoms with Gasteiger partial charge in [-0.05, 0) is 36.6 Å². The van der Waals surface area contributed by atoms with Gasteiger partial charge in [-0.15, -0.1) is 0 Å². The van der Waals surface area contributed by atoms with Crippen molar-refractivity contribution in [3.05, 3.63) is 53.6 Å². The highest BCUT2D eigenvalue weighted by Gasteiger charge is 2.07. The second-order valence-corrected chi connectivity index (χ2v) is 5.82. The maximum Gasteiger partial charge on any atom is 0.257 e. The highest BCUT2D eigenvalue weighted by Crippen LogP contribution is 2.30. The van der Waals surface area contributed by atoms with Crippen LogP contribution in [-0.2, 0) is 4.79 Å². The number of benzene rings is 2. The summed E-state index contributed by atoms with van der Waals surface area (Å²) in [6, 6.07) is 15.5. The third-order valence-corrected chi connectivity index (χ3v) is 3.61. The molecule has 122 valence electrons. The molecule has 0 aromatic heterocycles. The van der Waals surface area contributed by atoms with E-state index in [1.807, 2.05) is 49.4 Å². The summed E-state index contributed by atoms with van der Waals surface area (Å²) in [5.74, 6) is 0.308. The molecule has 4 nitrogen and oxygen atoms in total. The fourth-order valence-electron chi connectivity index (χ4n) is 2.06. The summed E-state index contributed by atoms with van der Waals surface area (Å²) in [7, 11) is 0. The lowest BCUT2D eigenvalue weighted by Crippen LogP contribution is -2.32. The molecular weight excluding hydrogens is 312 g/mol. The van der Waals surface area contributed by atoms with Crippen molar-refractivity contribution in [3.63, 3.8) is 0 Å². The first-order valence-electron chi connectivity index (χ1n) is 7.56. The number of amides is 1. The summed E-state index contributed by atoms with van der Waals surface area (Å²) in [5, 5.41) is 3.24. The van der Waals surface area contributed by atoms with Gasteiger partial charge in [0.1, 0.15) is 5.75 Å². The van der Waals surface area contributed by atoms with Crippen LogP contribution >= 0.6 is 11.6 Å². The topological polar surface area (TPSA) is 64.3 Å². The Morgan fingerprint density at radius 1 is 1.22 bits per heavy atom. The summed E-state index contributed by atoms with van der Waals surface area (Å²) in [6.07, 6.45) is 0.734. The summed E-state index contributed by atoms with van der Waals surface area (Å²) in [6.45, 7) is 2.38. The quantitative estimate of drug-likeness (QED) is 0.818. The van der Waals surface area contributed by atoms with Gasteiger partial charge in [-0.1, -0.05) is 48.0 Å². The van der Waals surface area contributed by atoms with Crippen molar-refractivity contribution >= 4 is 17.5 Å². The van der Waals surface area contributed by atoms with Crippen LogP contribution in [0.1, 0.15) is 13.3 Å². The summed E-state index contributed by atoms with van der Waals surface area (Å²) in [5.41, 5.74) is 7.71. The predicted molar refractivity (Wildman–Crippen MR) is 93.7 cm³/mol. The molecule has 2 aromatic rings. The number of rotatable bonds is 7. The van der Waals surface area contributed by atoms with E-state index in [-0.39, 0.29) is 18.6 Å². The smallest absolute Gasteiger partial charge is 0.257 e. The van der Waals surface area contributed by atoms with Crippen molar-refractivity contribution in [2.45, 2.75) is 19.4 Å². The van der Waals surface area contributed by atoms with E-state index < -0.39 is 0 Å². The zero-order valence-corrected chi connectivity index (χ0v) is 13.8. The third-order valence-electron chi connectivity index (χ3n) is 3.32. The van der Waals surface area contributed by atoms with Crippen LogP contribution in [0.2, 0.25) is 5.02 Å². The molecule has 0 spiro atoms. The SMILES string of the molecule is CC(N)CCNC(=O)COc1ccc(-c2ccccc2)cc1Cl. The molecule has 0 aliphatic rings. The number of hydrogen-bond donors (Lipinski definition) is 2. The third kappa shape index (κ3) is 5.58. The normalized spacial score (nSPS) is 11.8. The van der Waals surface area contributed by atoms with E-state index >= 15 is 0 Å². The Bertz CT molecular complexity index is 645. The van der Waals surface area contributed by atoms with Crippen LogP contribution in [0.4, 0.5) is 0 Å². The molecule has 3 N–H and O–H groups in total. The van der Waals surface area contributed by atoms with Gasteiger partial charge in [0.25, 0.3) is 5.91 Å². The van der Waals surface area contributed by atoms with Crippen molar-refractivity contribution in [2.24, 2.45) is 5.73 Å². The molecule has 2 aromatic carbocycles. The molecule has 1 amide bonds. The van der Waals surface area contributed by atoms with Gasteiger partial charge in [0.05, 0.1) is 5.02 Å². The second kappa shape index (κ2) is 8.56. The van der Waals surface area contributed by atoms with Crippen molar-refractivity contribution in [2.75, 3.05) is 13.2 Å². The van der Waals surface area contributed by atoms with Crippen LogP contribution < -0.4 is 15.8 Å². The molecule has 1 unspecified atom stereocenters. The highest BCUT2D eigenvalue weighted by atomic mass is 35.5. The van der Waals surface area contributed by atoms with Crippen molar-refractivity contribution < 1.29 is 9.53 Å². The van der Waals surface area contributed by atoms with Gasteiger partial charge in [0.15, 0.2) is 6.61 Å². The first-order valence-corrected chi connectivity index (χ1v) is 7.94. The lowest BCUT2D eigenvalue weighted by atomic mass is 10.1. The van der Waals surface area contributed by atoms with Crippen molar-refractivity contribution in [1.29, 1.82) is 0 Å². The Hall–Kier alpha value is -2.04. The van der Waals surface area contributed by atoms with Crippen molar-refractivity contribution in [1.82, 2.24) is 5.32 Å². The maximum absolute atomic E-state index is 11.7. The molecule has 0 aliphatic carbocycles. The number of carbonyl (C=O) groups is 1. The van der Waals surface area contributed by atoms with Crippen LogP contribution in [0, 0.1) is 0 Å². The molecule has 0 saturated carbocycles. The summed E-state index contributed by atoms with van der Waals surface area (Å²) >= 11 is 6.24. The zero-order valence-electron chi connectivity index (χ0n) is 13.1. The fourth-order valence-corrected chi connectivity index (χ4v) is 2.30. The van der Waals surface area contributed by atoms with Crippen LogP contribution in [-0.4, -0.2) is 25.1 Å². The molecule has 0 fully saturated rings. The lowest BCUT2D eigenvalue weighted by Gasteiger charge is -2.11. The van der Waals surface area contributed by atoms with E-state index in [9.17, 15) is 4.79 Å². The average molecular weight is 333 g/mol. The molecule has 2 rings (SSSR count). The minimum Gasteiger partial charge on any atom is -0.482 e. The molecule has 0 bridgehead atoms. The Morgan fingerprint density at radius 2 is 1.96 bits per heavy atom. The number of halogens is 1. The number of carbonyl (C=O) groups excluding carboxylic acids is 1. The number of nitrogens with one attached hydrogen (secondary N) is 1. The summed E-state index contributed by atoms with van der Waals surface area (Å²) in [4.78, 5) is 11.7. The molecule has 5 heteroatoms. The van der Waals surface area contributed by atoms with Gasteiger partial charge in [-0.25, -0.2) is 0 Å². The van der Waals surface area contributed by atoms with E-state index in [2.05, 4.69) is 5.32 Å². The summed E-state index contributed by atoms with van der Waals surface area (Å²) < 4.78 is 5.47. The monoisotopic (exact) mass is 332 g/mol. The Kier molecular flexibility index (Phi) is 6.44. The first-order chi connectivity index (χ1) is 11.1. The molecule has 0 saturated heterocycles. The number of ether oxygens (including phenoxy) is 1. The Labute approximate surface area is 141 Å².